The molecule has 1 saturated carbocycles. The molecule has 2 aromatic carbocycles. The van der Waals surface area contributed by atoms with Crippen LogP contribution in [-0.4, -0.2) is 49.4 Å². The van der Waals surface area contributed by atoms with Crippen LogP contribution in [0.3, 0.4) is 0 Å². The van der Waals surface area contributed by atoms with Gasteiger partial charge in [-0.2, -0.15) is 4.31 Å². The van der Waals surface area contributed by atoms with Crippen LogP contribution in [0.1, 0.15) is 50.1 Å². The fraction of sp³-hybridized carbons (Fsp3) is 0.440. The van der Waals surface area contributed by atoms with Crippen molar-refractivity contribution in [3.63, 3.8) is 0 Å². The van der Waals surface area contributed by atoms with Gasteiger partial charge in [-0.15, -0.1) is 0 Å². The first-order valence-corrected chi connectivity index (χ1v) is 13.9. The van der Waals surface area contributed by atoms with Gasteiger partial charge in [-0.25, -0.2) is 12.8 Å². The second-order valence-electron chi connectivity index (χ2n) is 8.98. The third-order valence-corrected chi connectivity index (χ3v) is 8.60. The highest BCUT2D eigenvalue weighted by atomic mass is 35.5. The van der Waals surface area contributed by atoms with Gasteiger partial charge in [-0.3, -0.25) is 14.5 Å². The Kier molecular flexibility index (Phi) is 8.09. The second-order valence-corrected chi connectivity index (χ2v) is 11.5. The summed E-state index contributed by atoms with van der Waals surface area (Å²) in [7, 11) is -3.56. The van der Waals surface area contributed by atoms with Crippen LogP contribution in [0.25, 0.3) is 0 Å². The van der Waals surface area contributed by atoms with Crippen LogP contribution in [-0.2, 0) is 19.6 Å². The molecule has 188 valence electrons. The van der Waals surface area contributed by atoms with Crippen molar-refractivity contribution in [3.05, 3.63) is 64.9 Å². The molecule has 1 aliphatic heterocycles. The van der Waals surface area contributed by atoms with Gasteiger partial charge in [-0.05, 0) is 37.1 Å². The highest BCUT2D eigenvalue weighted by Crippen LogP contribution is 2.34. The van der Waals surface area contributed by atoms with Gasteiger partial charge in [0.15, 0.2) is 0 Å². The number of halogens is 2. The van der Waals surface area contributed by atoms with Crippen molar-refractivity contribution in [1.29, 1.82) is 0 Å². The molecule has 4 rings (SSSR count). The number of amides is 2. The molecule has 7 nitrogen and oxygen atoms in total. The first-order chi connectivity index (χ1) is 16.8. The van der Waals surface area contributed by atoms with E-state index in [1.54, 1.807) is 24.3 Å². The fourth-order valence-electron chi connectivity index (χ4n) is 4.47. The van der Waals surface area contributed by atoms with Crippen molar-refractivity contribution in [3.8, 4) is 0 Å². The van der Waals surface area contributed by atoms with Crippen molar-refractivity contribution in [2.24, 2.45) is 0 Å². The summed E-state index contributed by atoms with van der Waals surface area (Å²) in [5.74, 6) is -2.01. The van der Waals surface area contributed by atoms with E-state index in [0.29, 0.717) is 18.7 Å². The maximum absolute atomic E-state index is 14.2. The number of hydrogen-bond donors (Lipinski definition) is 1. The molecule has 0 aromatic heterocycles. The van der Waals surface area contributed by atoms with Crippen LogP contribution in [0.15, 0.2) is 48.5 Å². The van der Waals surface area contributed by atoms with Crippen molar-refractivity contribution in [2.75, 3.05) is 23.7 Å². The Balaban J connectivity index is 1.71. The second kappa shape index (κ2) is 11.1. The van der Waals surface area contributed by atoms with Crippen molar-refractivity contribution >= 4 is 39.1 Å². The summed E-state index contributed by atoms with van der Waals surface area (Å²) < 4.78 is 40.3. The van der Waals surface area contributed by atoms with E-state index in [9.17, 15) is 22.4 Å². The van der Waals surface area contributed by atoms with Crippen LogP contribution in [0.4, 0.5) is 10.1 Å². The predicted octanol–water partition coefficient (Wildman–Crippen LogP) is 4.04. The molecule has 2 aromatic rings. The highest BCUT2D eigenvalue weighted by Gasteiger charge is 2.37. The largest absolute Gasteiger partial charge is 0.351 e. The molecule has 0 radical (unpaired) electrons. The lowest BCUT2D eigenvalue weighted by Crippen LogP contribution is -2.47. The van der Waals surface area contributed by atoms with E-state index in [0.717, 1.165) is 38.2 Å². The number of carbonyl (C=O) groups is 2. The van der Waals surface area contributed by atoms with E-state index in [1.807, 2.05) is 0 Å². The summed E-state index contributed by atoms with van der Waals surface area (Å²) in [5.41, 5.74) is 0.539. The van der Waals surface area contributed by atoms with Crippen molar-refractivity contribution in [1.82, 2.24) is 9.62 Å². The maximum Gasteiger partial charge on any atom is 0.248 e. The molecule has 2 aliphatic rings. The third kappa shape index (κ3) is 6.39. The van der Waals surface area contributed by atoms with Gasteiger partial charge in [0, 0.05) is 41.8 Å². The molecular formula is C25H29ClFN3O4S. The lowest BCUT2D eigenvalue weighted by Gasteiger charge is -2.34. The minimum absolute atomic E-state index is 0.0336. The number of rotatable bonds is 9. The lowest BCUT2D eigenvalue weighted by atomic mass is 9.94. The number of nitrogens with one attached hydrogen (secondary N) is 1. The molecule has 35 heavy (non-hydrogen) atoms. The van der Waals surface area contributed by atoms with E-state index < -0.39 is 39.4 Å². The first-order valence-electron chi connectivity index (χ1n) is 11.9. The molecule has 10 heteroatoms. The average Bonchev–Trinajstić information content (AvgIpc) is 3.69. The zero-order chi connectivity index (χ0) is 25.0. The van der Waals surface area contributed by atoms with Crippen LogP contribution >= 0.6 is 11.6 Å². The molecule has 2 fully saturated rings. The SMILES string of the molecule is O=C(NC1CCCCC1)[C@H](c1ccccc1Cl)N(C(=O)CCS(=O)(=O)N1CC1)c1cccc(F)c1. The van der Waals surface area contributed by atoms with Gasteiger partial charge >= 0.3 is 0 Å². The highest BCUT2D eigenvalue weighted by molar-refractivity contribution is 7.89. The molecule has 1 atom stereocenters. The van der Waals surface area contributed by atoms with Crippen LogP contribution < -0.4 is 10.2 Å². The summed E-state index contributed by atoms with van der Waals surface area (Å²) in [4.78, 5) is 28.4. The molecule has 0 bridgehead atoms. The Bertz CT molecular complexity index is 1180. The van der Waals surface area contributed by atoms with Gasteiger partial charge in [0.05, 0.1) is 5.75 Å². The number of anilines is 1. The molecule has 1 N–H and O–H groups in total. The van der Waals surface area contributed by atoms with E-state index in [2.05, 4.69) is 5.32 Å². The molecule has 0 unspecified atom stereocenters. The summed E-state index contributed by atoms with van der Waals surface area (Å²) >= 11 is 6.48. The van der Waals surface area contributed by atoms with Gasteiger partial charge < -0.3 is 5.32 Å². The topological polar surface area (TPSA) is 86.6 Å². The summed E-state index contributed by atoms with van der Waals surface area (Å²) in [6.07, 6.45) is 4.43. The molecule has 1 aliphatic carbocycles. The number of nitrogens with zero attached hydrogens (tertiary/aromatic N) is 2. The monoisotopic (exact) mass is 521 g/mol. The predicted molar refractivity (Wildman–Crippen MR) is 133 cm³/mol. The smallest absolute Gasteiger partial charge is 0.248 e. The van der Waals surface area contributed by atoms with E-state index in [1.165, 1.54) is 27.4 Å². The van der Waals surface area contributed by atoms with E-state index in [4.69, 9.17) is 11.6 Å². The Morgan fingerprint density at radius 1 is 1.09 bits per heavy atom. The number of benzene rings is 2. The standard InChI is InChI=1S/C25H29ClFN3O4S/c26-22-12-5-4-11-21(22)24(25(32)28-19-8-2-1-3-9-19)30(20-10-6-7-18(27)17-20)23(31)13-16-35(33,34)29-14-15-29/h4-7,10-12,17,19,24H,1-3,8-9,13-16H2,(H,28,32)/t24-/m0/s1. The lowest BCUT2D eigenvalue weighted by molar-refractivity contribution is -0.127. The average molecular weight is 522 g/mol. The van der Waals surface area contributed by atoms with Crippen LogP contribution in [0.5, 0.6) is 0 Å². The molecule has 1 saturated heterocycles. The zero-order valence-electron chi connectivity index (χ0n) is 19.3. The van der Waals surface area contributed by atoms with E-state index >= 15 is 0 Å². The maximum atomic E-state index is 14.2. The Hall–Kier alpha value is -2.49. The van der Waals surface area contributed by atoms with Gasteiger partial charge in [0.2, 0.25) is 21.8 Å². The zero-order valence-corrected chi connectivity index (χ0v) is 20.9. The third-order valence-electron chi connectivity index (χ3n) is 6.39. The number of carbonyl (C=O) groups excluding carboxylic acids is 2. The van der Waals surface area contributed by atoms with Crippen molar-refractivity contribution < 1.29 is 22.4 Å². The van der Waals surface area contributed by atoms with Gasteiger partial charge in [0.1, 0.15) is 11.9 Å². The van der Waals surface area contributed by atoms with Gasteiger partial charge in [0.25, 0.3) is 0 Å². The van der Waals surface area contributed by atoms with Crippen LogP contribution in [0, 0.1) is 5.82 Å². The summed E-state index contributed by atoms with van der Waals surface area (Å²) in [5, 5.41) is 3.33. The molecule has 0 spiro atoms. The normalized spacial score (nSPS) is 17.5. The molecule has 1 heterocycles. The quantitative estimate of drug-likeness (QED) is 0.505. The Labute approximate surface area is 210 Å². The molecule has 2 amide bonds. The fourth-order valence-corrected chi connectivity index (χ4v) is 6.04. The Morgan fingerprint density at radius 3 is 2.46 bits per heavy atom. The summed E-state index contributed by atoms with van der Waals surface area (Å²) in [6.45, 7) is 0.881. The minimum Gasteiger partial charge on any atom is -0.351 e. The minimum atomic E-state index is -3.56. The van der Waals surface area contributed by atoms with E-state index in [-0.39, 0.29) is 23.2 Å². The molecular weight excluding hydrogens is 493 g/mol. The van der Waals surface area contributed by atoms with Crippen LogP contribution in [0.2, 0.25) is 5.02 Å². The number of sulfonamides is 1. The Morgan fingerprint density at radius 2 is 1.80 bits per heavy atom. The summed E-state index contributed by atoms with van der Waals surface area (Å²) in [6, 6.07) is 10.8. The van der Waals surface area contributed by atoms with Gasteiger partial charge in [-0.1, -0.05) is 55.1 Å². The van der Waals surface area contributed by atoms with Crippen molar-refractivity contribution in [2.45, 2.75) is 50.6 Å². The first kappa shape index (κ1) is 25.6. The number of hydrogen-bond acceptors (Lipinski definition) is 4.